The van der Waals surface area contributed by atoms with Crippen molar-refractivity contribution in [3.05, 3.63) is 30.3 Å². The van der Waals surface area contributed by atoms with E-state index in [1.54, 1.807) is 0 Å². The molecule has 0 heterocycles. The number of ether oxygens (including phenoxy) is 1. The summed E-state index contributed by atoms with van der Waals surface area (Å²) in [5.41, 5.74) is 0.662. The van der Waals surface area contributed by atoms with E-state index < -0.39 is 5.60 Å². The number of anilines is 1. The highest BCUT2D eigenvalue weighted by atomic mass is 16.6. The van der Waals surface area contributed by atoms with Crippen molar-refractivity contribution in [3.8, 4) is 0 Å². The zero-order valence-corrected chi connectivity index (χ0v) is 12.4. The lowest BCUT2D eigenvalue weighted by atomic mass is 10.2. The number of hydrogen-bond acceptors (Lipinski definition) is 3. The lowest BCUT2D eigenvalue weighted by Crippen LogP contribution is -2.43. The molecule has 1 rings (SSSR count). The van der Waals surface area contributed by atoms with E-state index in [-0.39, 0.29) is 12.1 Å². The van der Waals surface area contributed by atoms with Crippen molar-refractivity contribution in [2.75, 3.05) is 18.5 Å². The molecule has 0 bridgehead atoms. The molecule has 0 saturated heterocycles. The average molecular weight is 264 g/mol. The van der Waals surface area contributed by atoms with Gasteiger partial charge in [0.25, 0.3) is 0 Å². The number of benzene rings is 1. The van der Waals surface area contributed by atoms with Crippen molar-refractivity contribution < 1.29 is 9.53 Å². The van der Waals surface area contributed by atoms with Gasteiger partial charge < -0.3 is 15.0 Å². The Kier molecular flexibility index (Phi) is 5.21. The van der Waals surface area contributed by atoms with Crippen LogP contribution in [-0.4, -0.2) is 31.3 Å². The first kappa shape index (κ1) is 15.3. The van der Waals surface area contributed by atoms with Crippen LogP contribution in [0.1, 0.15) is 27.7 Å². The minimum Gasteiger partial charge on any atom is -0.444 e. The molecule has 0 spiro atoms. The fourth-order valence-electron chi connectivity index (χ4n) is 1.75. The van der Waals surface area contributed by atoms with Crippen LogP contribution >= 0.6 is 0 Å². The molecule has 1 aromatic rings. The molecular weight excluding hydrogens is 240 g/mol. The van der Waals surface area contributed by atoms with Gasteiger partial charge in [-0.05, 0) is 39.8 Å². The second-order valence-corrected chi connectivity index (χ2v) is 5.76. The van der Waals surface area contributed by atoms with Crippen LogP contribution in [0.4, 0.5) is 10.5 Å². The number of likely N-dealkylation sites (N-methyl/N-ethyl adjacent to an activating group) is 1. The molecule has 1 unspecified atom stereocenters. The van der Waals surface area contributed by atoms with Crippen LogP contribution in [0.3, 0.4) is 0 Å². The van der Waals surface area contributed by atoms with E-state index in [4.69, 9.17) is 4.74 Å². The second-order valence-electron chi connectivity index (χ2n) is 5.76. The maximum absolute atomic E-state index is 11.6. The lowest BCUT2D eigenvalue weighted by molar-refractivity contribution is 0.0510. The first-order chi connectivity index (χ1) is 8.78. The minimum atomic E-state index is -0.463. The highest BCUT2D eigenvalue weighted by Crippen LogP contribution is 2.11. The van der Waals surface area contributed by atoms with Gasteiger partial charge in [-0.3, -0.25) is 0 Å². The van der Waals surface area contributed by atoms with Crippen LogP contribution in [0.25, 0.3) is 0 Å². The van der Waals surface area contributed by atoms with E-state index in [1.165, 1.54) is 0 Å². The fourth-order valence-corrected chi connectivity index (χ4v) is 1.75. The fraction of sp³-hybridized carbons (Fsp3) is 0.533. The van der Waals surface area contributed by atoms with E-state index in [2.05, 4.69) is 10.2 Å². The lowest BCUT2D eigenvalue weighted by Gasteiger charge is -2.26. The predicted octanol–water partition coefficient (Wildman–Crippen LogP) is 3.04. The van der Waals surface area contributed by atoms with Crippen LogP contribution in [0, 0.1) is 0 Å². The Hall–Kier alpha value is -1.71. The van der Waals surface area contributed by atoms with Crippen LogP contribution in [0.15, 0.2) is 30.3 Å². The Morgan fingerprint density at radius 1 is 1.32 bits per heavy atom. The smallest absolute Gasteiger partial charge is 0.407 e. The van der Waals surface area contributed by atoms with Crippen LogP contribution in [0.5, 0.6) is 0 Å². The molecule has 1 N–H and O–H groups in total. The largest absolute Gasteiger partial charge is 0.444 e. The molecule has 4 nitrogen and oxygen atoms in total. The first-order valence-electron chi connectivity index (χ1n) is 6.53. The number of rotatable bonds is 4. The molecule has 1 aromatic carbocycles. The number of carbonyl (C=O) groups is 1. The molecular formula is C15H24N2O2. The zero-order chi connectivity index (χ0) is 14.5. The van der Waals surface area contributed by atoms with Crippen LogP contribution in [0.2, 0.25) is 0 Å². The maximum atomic E-state index is 11.6. The summed E-state index contributed by atoms with van der Waals surface area (Å²) < 4.78 is 5.23. The third kappa shape index (κ3) is 6.13. The quantitative estimate of drug-likeness (QED) is 0.909. The Morgan fingerprint density at radius 3 is 2.42 bits per heavy atom. The molecule has 0 aliphatic rings. The topological polar surface area (TPSA) is 41.6 Å². The normalized spacial score (nSPS) is 12.7. The van der Waals surface area contributed by atoms with Gasteiger partial charge in [-0.1, -0.05) is 18.2 Å². The highest BCUT2D eigenvalue weighted by molar-refractivity contribution is 5.68. The number of nitrogens with one attached hydrogen (secondary N) is 1. The van der Waals surface area contributed by atoms with Gasteiger partial charge in [-0.2, -0.15) is 0 Å². The number of carbonyl (C=O) groups excluding carboxylic acids is 1. The number of nitrogens with zero attached hydrogens (tertiary/aromatic N) is 1. The minimum absolute atomic E-state index is 0.0139. The third-order valence-corrected chi connectivity index (χ3v) is 2.51. The van der Waals surface area contributed by atoms with Gasteiger partial charge in [0.2, 0.25) is 0 Å². The van der Waals surface area contributed by atoms with Crippen molar-refractivity contribution in [3.63, 3.8) is 0 Å². The summed E-state index contributed by atoms with van der Waals surface area (Å²) in [6.07, 6.45) is -0.374. The molecule has 19 heavy (non-hydrogen) atoms. The van der Waals surface area contributed by atoms with E-state index in [0.717, 1.165) is 12.2 Å². The summed E-state index contributed by atoms with van der Waals surface area (Å²) in [6, 6.07) is 10.1. The molecule has 0 aliphatic carbocycles. The molecule has 0 radical (unpaired) electrons. The van der Waals surface area contributed by atoms with Crippen LogP contribution in [-0.2, 0) is 4.74 Å². The summed E-state index contributed by atoms with van der Waals surface area (Å²) in [5.74, 6) is 0. The SMILES string of the molecule is CC(CN(C)c1ccccc1)NC(=O)OC(C)(C)C. The average Bonchev–Trinajstić information content (AvgIpc) is 2.27. The van der Waals surface area contributed by atoms with E-state index in [1.807, 2.05) is 65.1 Å². The maximum Gasteiger partial charge on any atom is 0.407 e. The first-order valence-corrected chi connectivity index (χ1v) is 6.53. The third-order valence-electron chi connectivity index (χ3n) is 2.51. The molecule has 106 valence electrons. The summed E-state index contributed by atoms with van der Waals surface area (Å²) in [5, 5.41) is 2.83. The standard InChI is InChI=1S/C15H24N2O2/c1-12(16-14(18)19-15(2,3)4)11-17(5)13-9-7-6-8-10-13/h6-10,12H,11H2,1-5H3,(H,16,18). The van der Waals surface area contributed by atoms with Gasteiger partial charge in [-0.25, -0.2) is 4.79 Å². The van der Waals surface area contributed by atoms with Gasteiger partial charge in [0.05, 0.1) is 0 Å². The molecule has 1 atom stereocenters. The van der Waals surface area contributed by atoms with Crippen molar-refractivity contribution in [1.82, 2.24) is 5.32 Å². The number of para-hydroxylation sites is 1. The van der Waals surface area contributed by atoms with Crippen molar-refractivity contribution in [2.45, 2.75) is 39.3 Å². The van der Waals surface area contributed by atoms with Crippen molar-refractivity contribution >= 4 is 11.8 Å². The number of amides is 1. The Morgan fingerprint density at radius 2 is 1.89 bits per heavy atom. The molecule has 0 fully saturated rings. The predicted molar refractivity (Wildman–Crippen MR) is 78.5 cm³/mol. The Bertz CT molecular complexity index is 398. The summed E-state index contributed by atoms with van der Waals surface area (Å²) in [7, 11) is 2.00. The van der Waals surface area contributed by atoms with Crippen molar-refractivity contribution in [2.24, 2.45) is 0 Å². The summed E-state index contributed by atoms with van der Waals surface area (Å²) >= 11 is 0. The Balaban J connectivity index is 2.43. The van der Waals surface area contributed by atoms with Gasteiger partial charge in [-0.15, -0.1) is 0 Å². The molecule has 4 heteroatoms. The van der Waals surface area contributed by atoms with E-state index in [0.29, 0.717) is 0 Å². The van der Waals surface area contributed by atoms with Gasteiger partial charge in [0.15, 0.2) is 0 Å². The molecule has 0 aromatic heterocycles. The Labute approximate surface area is 115 Å². The summed E-state index contributed by atoms with van der Waals surface area (Å²) in [6.45, 7) is 8.25. The van der Waals surface area contributed by atoms with Gasteiger partial charge in [0, 0.05) is 25.3 Å². The molecule has 1 amide bonds. The van der Waals surface area contributed by atoms with E-state index in [9.17, 15) is 4.79 Å². The van der Waals surface area contributed by atoms with Crippen molar-refractivity contribution in [1.29, 1.82) is 0 Å². The number of hydrogen-bond donors (Lipinski definition) is 1. The summed E-state index contributed by atoms with van der Waals surface area (Å²) in [4.78, 5) is 13.7. The van der Waals surface area contributed by atoms with Gasteiger partial charge in [0.1, 0.15) is 5.60 Å². The highest BCUT2D eigenvalue weighted by Gasteiger charge is 2.18. The monoisotopic (exact) mass is 264 g/mol. The molecule has 0 aliphatic heterocycles. The molecule has 0 saturated carbocycles. The van der Waals surface area contributed by atoms with E-state index >= 15 is 0 Å². The zero-order valence-electron chi connectivity index (χ0n) is 12.4. The van der Waals surface area contributed by atoms with Crippen LogP contribution < -0.4 is 10.2 Å². The second kappa shape index (κ2) is 6.45. The van der Waals surface area contributed by atoms with Gasteiger partial charge >= 0.3 is 6.09 Å². The number of alkyl carbamates (subject to hydrolysis) is 1.